The lowest BCUT2D eigenvalue weighted by Gasteiger charge is -2.23. The van der Waals surface area contributed by atoms with Gasteiger partial charge in [0.25, 0.3) is 5.91 Å². The predicted molar refractivity (Wildman–Crippen MR) is 99.6 cm³/mol. The highest BCUT2D eigenvalue weighted by Gasteiger charge is 2.49. The van der Waals surface area contributed by atoms with Crippen molar-refractivity contribution >= 4 is 34.4 Å². The molecule has 26 heavy (non-hydrogen) atoms. The first kappa shape index (κ1) is 16.5. The van der Waals surface area contributed by atoms with Crippen LogP contribution >= 0.6 is 11.6 Å². The normalized spacial score (nSPS) is 19.8. The van der Waals surface area contributed by atoms with Crippen molar-refractivity contribution < 1.29 is 9.59 Å². The molecule has 0 aliphatic carbocycles. The lowest BCUT2D eigenvalue weighted by Crippen LogP contribution is -2.41. The maximum absolute atomic E-state index is 13.1. The second-order valence-electron chi connectivity index (χ2n) is 6.42. The number of urea groups is 1. The van der Waals surface area contributed by atoms with E-state index in [1.165, 1.54) is 4.90 Å². The van der Waals surface area contributed by atoms with E-state index in [0.29, 0.717) is 10.6 Å². The first-order valence-corrected chi connectivity index (χ1v) is 8.60. The summed E-state index contributed by atoms with van der Waals surface area (Å²) in [4.78, 5) is 31.3. The maximum atomic E-state index is 13.1. The summed E-state index contributed by atoms with van der Waals surface area (Å²) in [5.74, 6) is -0.330. The van der Waals surface area contributed by atoms with Crippen LogP contribution in [0.2, 0.25) is 5.02 Å². The number of rotatable bonds is 3. The second kappa shape index (κ2) is 6.11. The summed E-state index contributed by atoms with van der Waals surface area (Å²) in [7, 11) is 0. The molecule has 1 saturated heterocycles. The van der Waals surface area contributed by atoms with Crippen LogP contribution in [0.1, 0.15) is 18.1 Å². The Hall–Kier alpha value is -2.92. The minimum absolute atomic E-state index is 0.152. The van der Waals surface area contributed by atoms with Gasteiger partial charge in [-0.1, -0.05) is 54.1 Å². The molecular weight excluding hydrogens is 350 g/mol. The van der Waals surface area contributed by atoms with Gasteiger partial charge >= 0.3 is 6.03 Å². The van der Waals surface area contributed by atoms with E-state index < -0.39 is 11.6 Å². The molecule has 0 bridgehead atoms. The van der Waals surface area contributed by atoms with Crippen molar-refractivity contribution in [1.82, 2.24) is 15.2 Å². The molecule has 5 nitrogen and oxygen atoms in total. The van der Waals surface area contributed by atoms with Crippen LogP contribution in [0.25, 0.3) is 10.9 Å². The molecule has 4 rings (SSSR count). The summed E-state index contributed by atoms with van der Waals surface area (Å²) in [6, 6.07) is 16.1. The largest absolute Gasteiger partial charge is 0.325 e. The van der Waals surface area contributed by atoms with Crippen molar-refractivity contribution in [2.45, 2.75) is 19.0 Å². The number of amides is 3. The third kappa shape index (κ3) is 2.52. The number of fused-ring (bicyclic) bond motifs is 1. The Labute approximate surface area is 155 Å². The molecule has 0 radical (unpaired) electrons. The van der Waals surface area contributed by atoms with Gasteiger partial charge in [-0.15, -0.1) is 0 Å². The first-order valence-electron chi connectivity index (χ1n) is 8.22. The highest BCUT2D eigenvalue weighted by Crippen LogP contribution is 2.34. The number of hydrogen-bond donors (Lipinski definition) is 1. The Kier molecular flexibility index (Phi) is 3.89. The number of carbonyl (C=O) groups excluding carboxylic acids is 2. The third-order valence-electron chi connectivity index (χ3n) is 4.73. The smallest absolute Gasteiger partial charge is 0.319 e. The summed E-state index contributed by atoms with van der Waals surface area (Å²) in [5.41, 5.74) is 0.989. The van der Waals surface area contributed by atoms with Gasteiger partial charge in [0, 0.05) is 22.2 Å². The predicted octanol–water partition coefficient (Wildman–Crippen LogP) is 3.86. The van der Waals surface area contributed by atoms with E-state index in [2.05, 4.69) is 10.3 Å². The van der Waals surface area contributed by atoms with Crippen molar-refractivity contribution in [3.8, 4) is 0 Å². The van der Waals surface area contributed by atoms with Gasteiger partial charge in [-0.05, 0) is 24.6 Å². The fourth-order valence-corrected chi connectivity index (χ4v) is 3.68. The SMILES string of the molecule is C[C@@]1(c2ccccc2Cl)NC(=O)N(Cc2cccc3cccnc23)C1=O. The summed E-state index contributed by atoms with van der Waals surface area (Å²) >= 11 is 6.26. The second-order valence-corrected chi connectivity index (χ2v) is 6.83. The molecule has 3 aromatic rings. The number of benzene rings is 2. The molecule has 0 unspecified atom stereocenters. The number of nitrogens with one attached hydrogen (secondary N) is 1. The van der Waals surface area contributed by atoms with Gasteiger partial charge in [0.15, 0.2) is 0 Å². The summed E-state index contributed by atoms with van der Waals surface area (Å²) in [5, 5.41) is 4.19. The van der Waals surface area contributed by atoms with Gasteiger partial charge < -0.3 is 5.32 Å². The molecule has 1 N–H and O–H groups in total. The van der Waals surface area contributed by atoms with E-state index in [4.69, 9.17) is 11.6 Å². The zero-order chi connectivity index (χ0) is 18.3. The van der Waals surface area contributed by atoms with Gasteiger partial charge in [0.05, 0.1) is 12.1 Å². The third-order valence-corrected chi connectivity index (χ3v) is 5.06. The number of halogens is 1. The van der Waals surface area contributed by atoms with Gasteiger partial charge in [-0.2, -0.15) is 0 Å². The number of hydrogen-bond acceptors (Lipinski definition) is 3. The van der Waals surface area contributed by atoms with Crippen LogP contribution in [-0.2, 0) is 16.9 Å². The topological polar surface area (TPSA) is 62.3 Å². The molecule has 1 aliphatic heterocycles. The molecule has 2 heterocycles. The van der Waals surface area contributed by atoms with Crippen molar-refractivity contribution in [3.05, 3.63) is 76.9 Å². The van der Waals surface area contributed by atoms with Gasteiger partial charge in [-0.25, -0.2) is 4.79 Å². The lowest BCUT2D eigenvalue weighted by molar-refractivity contribution is -0.131. The standard InChI is InChI=1S/C20H16ClN3O2/c1-20(15-9-2-3-10-16(15)21)18(25)24(19(26)23-20)12-14-7-4-6-13-8-5-11-22-17(13)14/h2-11H,12H2,1H3,(H,23,26)/t20-/m0/s1. The van der Waals surface area contributed by atoms with Crippen molar-refractivity contribution in [1.29, 1.82) is 0 Å². The zero-order valence-corrected chi connectivity index (χ0v) is 14.8. The molecule has 1 atom stereocenters. The summed E-state index contributed by atoms with van der Waals surface area (Å²) in [6.45, 7) is 1.83. The van der Waals surface area contributed by atoms with Gasteiger partial charge in [-0.3, -0.25) is 14.7 Å². The monoisotopic (exact) mass is 365 g/mol. The molecule has 6 heteroatoms. The number of para-hydroxylation sites is 1. The Morgan fingerprint density at radius 3 is 2.65 bits per heavy atom. The van der Waals surface area contributed by atoms with E-state index in [0.717, 1.165) is 16.5 Å². The fraction of sp³-hybridized carbons (Fsp3) is 0.150. The number of pyridine rings is 1. The molecule has 2 aromatic carbocycles. The molecule has 130 valence electrons. The average molecular weight is 366 g/mol. The van der Waals surface area contributed by atoms with Crippen molar-refractivity contribution in [2.75, 3.05) is 0 Å². The summed E-state index contributed by atoms with van der Waals surface area (Å²) in [6.07, 6.45) is 1.70. The van der Waals surface area contributed by atoms with Crippen LogP contribution in [0, 0.1) is 0 Å². The Morgan fingerprint density at radius 2 is 1.85 bits per heavy atom. The van der Waals surface area contributed by atoms with Gasteiger partial charge in [0.2, 0.25) is 0 Å². The highest BCUT2D eigenvalue weighted by molar-refractivity contribution is 6.32. The van der Waals surface area contributed by atoms with Crippen LogP contribution in [0.15, 0.2) is 60.8 Å². The van der Waals surface area contributed by atoms with Crippen molar-refractivity contribution in [2.24, 2.45) is 0 Å². The summed E-state index contributed by atoms with van der Waals surface area (Å²) < 4.78 is 0. The van der Waals surface area contributed by atoms with Crippen LogP contribution in [0.5, 0.6) is 0 Å². The number of imide groups is 1. The van der Waals surface area contributed by atoms with E-state index >= 15 is 0 Å². The zero-order valence-electron chi connectivity index (χ0n) is 14.1. The van der Waals surface area contributed by atoms with Crippen LogP contribution in [0.4, 0.5) is 4.79 Å². The van der Waals surface area contributed by atoms with E-state index in [1.54, 1.807) is 37.4 Å². The molecule has 1 aromatic heterocycles. The molecule has 0 spiro atoms. The fourth-order valence-electron chi connectivity index (χ4n) is 3.36. The van der Waals surface area contributed by atoms with Crippen LogP contribution < -0.4 is 5.32 Å². The Bertz CT molecular complexity index is 1030. The molecule has 3 amide bonds. The first-order chi connectivity index (χ1) is 12.5. The average Bonchev–Trinajstić information content (AvgIpc) is 2.86. The maximum Gasteiger partial charge on any atom is 0.325 e. The Balaban J connectivity index is 1.71. The molecular formula is C20H16ClN3O2. The minimum atomic E-state index is -1.19. The lowest BCUT2D eigenvalue weighted by atomic mass is 9.92. The number of nitrogens with zero attached hydrogens (tertiary/aromatic N) is 2. The molecule has 1 aliphatic rings. The number of aromatic nitrogens is 1. The number of carbonyl (C=O) groups is 2. The molecule has 1 fully saturated rings. The van der Waals surface area contributed by atoms with Crippen LogP contribution in [-0.4, -0.2) is 21.8 Å². The highest BCUT2D eigenvalue weighted by atomic mass is 35.5. The van der Waals surface area contributed by atoms with Crippen molar-refractivity contribution in [3.63, 3.8) is 0 Å². The quantitative estimate of drug-likeness (QED) is 0.717. The molecule has 0 saturated carbocycles. The minimum Gasteiger partial charge on any atom is -0.319 e. The van der Waals surface area contributed by atoms with Gasteiger partial charge in [0.1, 0.15) is 5.54 Å². The van der Waals surface area contributed by atoms with E-state index in [-0.39, 0.29) is 12.5 Å². The Morgan fingerprint density at radius 1 is 1.08 bits per heavy atom. The van der Waals surface area contributed by atoms with Crippen LogP contribution in [0.3, 0.4) is 0 Å². The van der Waals surface area contributed by atoms with E-state index in [9.17, 15) is 9.59 Å². The van der Waals surface area contributed by atoms with E-state index in [1.807, 2.05) is 30.3 Å².